The molecule has 122 valence electrons. The molecule has 0 saturated carbocycles. The van der Waals surface area contributed by atoms with E-state index >= 15 is 0 Å². The Hall–Kier alpha value is -1.46. The summed E-state index contributed by atoms with van der Waals surface area (Å²) in [5, 5.41) is 7.46. The average Bonchev–Trinajstić information content (AvgIpc) is 3.11. The van der Waals surface area contributed by atoms with Crippen LogP contribution in [-0.2, 0) is 4.79 Å². The zero-order valence-corrected chi connectivity index (χ0v) is 14.6. The molecule has 1 aromatic carbocycles. The van der Waals surface area contributed by atoms with Gasteiger partial charge in [0, 0.05) is 24.2 Å². The molecule has 3 rings (SSSR count). The third-order valence-electron chi connectivity index (χ3n) is 4.29. The third kappa shape index (κ3) is 3.90. The van der Waals surface area contributed by atoms with Crippen LogP contribution in [0.2, 0.25) is 5.02 Å². The van der Waals surface area contributed by atoms with Crippen molar-refractivity contribution >= 4 is 29.3 Å². The highest BCUT2D eigenvalue weighted by Gasteiger charge is 2.27. The molecule has 0 aliphatic carbocycles. The molecule has 6 heteroatoms. The molecule has 1 amide bonds. The minimum Gasteiger partial charge on any atom is -0.342 e. The smallest absolute Gasteiger partial charge is 0.235 e. The third-order valence-corrected chi connectivity index (χ3v) is 5.89. The summed E-state index contributed by atoms with van der Waals surface area (Å²) >= 11 is 7.71. The molecule has 1 N–H and O–H groups in total. The van der Waals surface area contributed by atoms with Gasteiger partial charge >= 0.3 is 0 Å². The summed E-state index contributed by atoms with van der Waals surface area (Å²) < 4.78 is 0. The van der Waals surface area contributed by atoms with Crippen LogP contribution in [0.25, 0.3) is 0 Å². The van der Waals surface area contributed by atoms with Gasteiger partial charge in [-0.25, -0.2) is 0 Å². The van der Waals surface area contributed by atoms with Crippen LogP contribution in [0.5, 0.6) is 0 Å². The number of rotatable bonds is 4. The summed E-state index contributed by atoms with van der Waals surface area (Å²) in [4.78, 5) is 15.6. The molecule has 1 atom stereocenters. The molecule has 0 spiro atoms. The standard InChI is InChI=1S/C17H20ClN3OS/c1-12(23-16-5-3-2-4-15(16)18)17(22)21-8-6-13(7-9-21)14-10-19-20-11-14/h2-5,10-13H,6-9H2,1H3,(H,19,20)/t12-/m0/s1. The molecule has 1 aliphatic rings. The van der Waals surface area contributed by atoms with Gasteiger partial charge in [0.25, 0.3) is 0 Å². The highest BCUT2D eigenvalue weighted by atomic mass is 35.5. The second kappa shape index (κ2) is 7.41. The van der Waals surface area contributed by atoms with Crippen LogP contribution in [-0.4, -0.2) is 39.3 Å². The Kier molecular flexibility index (Phi) is 5.28. The highest BCUT2D eigenvalue weighted by Crippen LogP contribution is 2.32. The number of hydrogen-bond donors (Lipinski definition) is 1. The van der Waals surface area contributed by atoms with Crippen molar-refractivity contribution < 1.29 is 4.79 Å². The predicted molar refractivity (Wildman–Crippen MR) is 93.9 cm³/mol. The number of H-pyrrole nitrogens is 1. The normalized spacial score (nSPS) is 17.2. The first kappa shape index (κ1) is 16.4. The number of hydrogen-bond acceptors (Lipinski definition) is 3. The second-order valence-electron chi connectivity index (χ2n) is 5.82. The molecule has 1 aromatic heterocycles. The number of nitrogens with one attached hydrogen (secondary N) is 1. The van der Waals surface area contributed by atoms with Crippen molar-refractivity contribution in [2.75, 3.05) is 13.1 Å². The summed E-state index contributed by atoms with van der Waals surface area (Å²) in [5.41, 5.74) is 1.25. The monoisotopic (exact) mass is 349 g/mol. The molecule has 0 bridgehead atoms. The largest absolute Gasteiger partial charge is 0.342 e. The number of nitrogens with zero attached hydrogens (tertiary/aromatic N) is 2. The number of piperidine rings is 1. The van der Waals surface area contributed by atoms with Crippen molar-refractivity contribution in [3.63, 3.8) is 0 Å². The van der Waals surface area contributed by atoms with E-state index in [4.69, 9.17) is 11.6 Å². The van der Waals surface area contributed by atoms with Gasteiger partial charge in [-0.15, -0.1) is 11.8 Å². The minimum atomic E-state index is -0.125. The number of carbonyl (C=O) groups is 1. The maximum Gasteiger partial charge on any atom is 0.235 e. The summed E-state index contributed by atoms with van der Waals surface area (Å²) in [6, 6.07) is 7.67. The second-order valence-corrected chi connectivity index (χ2v) is 7.61. The van der Waals surface area contributed by atoms with Gasteiger partial charge in [-0.05, 0) is 43.4 Å². The van der Waals surface area contributed by atoms with Gasteiger partial charge in [0.15, 0.2) is 0 Å². The molecule has 1 saturated heterocycles. The van der Waals surface area contributed by atoms with Crippen molar-refractivity contribution in [1.82, 2.24) is 15.1 Å². The molecular formula is C17H20ClN3OS. The van der Waals surface area contributed by atoms with E-state index in [9.17, 15) is 4.79 Å². The van der Waals surface area contributed by atoms with E-state index in [1.165, 1.54) is 17.3 Å². The van der Waals surface area contributed by atoms with Gasteiger partial charge < -0.3 is 4.90 Å². The number of aromatic amines is 1. The maximum absolute atomic E-state index is 12.7. The van der Waals surface area contributed by atoms with Gasteiger partial charge in [0.2, 0.25) is 5.91 Å². The fourth-order valence-corrected chi connectivity index (χ4v) is 4.19. The molecule has 0 radical (unpaired) electrons. The SMILES string of the molecule is C[C@H](Sc1ccccc1Cl)C(=O)N1CCC(c2cn[nH]c2)CC1. The summed E-state index contributed by atoms with van der Waals surface area (Å²) in [5.74, 6) is 0.699. The number of carbonyl (C=O) groups excluding carboxylic acids is 1. The van der Waals surface area contributed by atoms with Crippen molar-refractivity contribution in [2.45, 2.75) is 35.8 Å². The van der Waals surface area contributed by atoms with Crippen molar-refractivity contribution in [1.29, 1.82) is 0 Å². The lowest BCUT2D eigenvalue weighted by Gasteiger charge is -2.33. The van der Waals surface area contributed by atoms with Crippen LogP contribution >= 0.6 is 23.4 Å². The lowest BCUT2D eigenvalue weighted by atomic mass is 9.91. The number of likely N-dealkylation sites (tertiary alicyclic amines) is 1. The van der Waals surface area contributed by atoms with Crippen molar-refractivity contribution in [2.24, 2.45) is 0 Å². The van der Waals surface area contributed by atoms with E-state index in [1.54, 1.807) is 0 Å². The Morgan fingerprint density at radius 3 is 2.78 bits per heavy atom. The molecule has 2 heterocycles. The van der Waals surface area contributed by atoms with Crippen molar-refractivity contribution in [3.05, 3.63) is 47.2 Å². The van der Waals surface area contributed by atoms with Crippen LogP contribution < -0.4 is 0 Å². The van der Waals surface area contributed by atoms with E-state index in [0.29, 0.717) is 10.9 Å². The topological polar surface area (TPSA) is 49.0 Å². The Balaban J connectivity index is 1.55. The molecule has 1 aliphatic heterocycles. The Labute approximate surface area is 145 Å². The Morgan fingerprint density at radius 1 is 1.39 bits per heavy atom. The number of aromatic nitrogens is 2. The summed E-state index contributed by atoms with van der Waals surface area (Å²) in [7, 11) is 0. The van der Waals surface area contributed by atoms with E-state index in [1.807, 2.05) is 48.5 Å². The molecule has 23 heavy (non-hydrogen) atoms. The average molecular weight is 350 g/mol. The zero-order valence-electron chi connectivity index (χ0n) is 13.0. The summed E-state index contributed by atoms with van der Waals surface area (Å²) in [6.45, 7) is 3.57. The molecule has 2 aromatic rings. The Morgan fingerprint density at radius 2 is 2.13 bits per heavy atom. The fraction of sp³-hybridized carbons (Fsp3) is 0.412. The van der Waals surface area contributed by atoms with Crippen LogP contribution in [0, 0.1) is 0 Å². The molecular weight excluding hydrogens is 330 g/mol. The Bertz CT molecular complexity index is 654. The number of benzene rings is 1. The number of thioether (sulfide) groups is 1. The van der Waals surface area contributed by atoms with Crippen molar-refractivity contribution in [3.8, 4) is 0 Å². The van der Waals surface area contributed by atoms with Gasteiger partial charge in [0.05, 0.1) is 16.5 Å². The first-order chi connectivity index (χ1) is 11.1. The maximum atomic E-state index is 12.7. The van der Waals surface area contributed by atoms with E-state index < -0.39 is 0 Å². The predicted octanol–water partition coefficient (Wildman–Crippen LogP) is 3.95. The minimum absolute atomic E-state index is 0.125. The molecule has 0 unspecified atom stereocenters. The first-order valence-electron chi connectivity index (χ1n) is 7.84. The van der Waals surface area contributed by atoms with E-state index in [-0.39, 0.29) is 11.2 Å². The van der Waals surface area contributed by atoms with E-state index in [0.717, 1.165) is 30.8 Å². The van der Waals surface area contributed by atoms with Gasteiger partial charge in [-0.1, -0.05) is 23.7 Å². The lowest BCUT2D eigenvalue weighted by Crippen LogP contribution is -2.41. The molecule has 4 nitrogen and oxygen atoms in total. The van der Waals surface area contributed by atoms with Crippen LogP contribution in [0.1, 0.15) is 31.2 Å². The van der Waals surface area contributed by atoms with Gasteiger partial charge in [-0.2, -0.15) is 5.10 Å². The van der Waals surface area contributed by atoms with Crippen LogP contribution in [0.4, 0.5) is 0 Å². The quantitative estimate of drug-likeness (QED) is 0.850. The molecule has 1 fully saturated rings. The van der Waals surface area contributed by atoms with Crippen LogP contribution in [0.3, 0.4) is 0 Å². The lowest BCUT2D eigenvalue weighted by molar-refractivity contribution is -0.131. The highest BCUT2D eigenvalue weighted by molar-refractivity contribution is 8.00. The number of halogens is 1. The van der Waals surface area contributed by atoms with Crippen LogP contribution in [0.15, 0.2) is 41.6 Å². The fourth-order valence-electron chi connectivity index (χ4n) is 2.96. The first-order valence-corrected chi connectivity index (χ1v) is 9.09. The summed E-state index contributed by atoms with van der Waals surface area (Å²) in [6.07, 6.45) is 5.83. The van der Waals surface area contributed by atoms with Gasteiger partial charge in [-0.3, -0.25) is 9.89 Å². The van der Waals surface area contributed by atoms with E-state index in [2.05, 4.69) is 10.2 Å². The number of amides is 1. The zero-order chi connectivity index (χ0) is 16.2. The van der Waals surface area contributed by atoms with Gasteiger partial charge in [0.1, 0.15) is 0 Å².